The van der Waals surface area contributed by atoms with Crippen LogP contribution in [0.25, 0.3) is 0 Å². The molecule has 0 aromatic heterocycles. The number of amides is 1. The molecule has 2 fully saturated rings. The van der Waals surface area contributed by atoms with Gasteiger partial charge < -0.3 is 10.4 Å². The van der Waals surface area contributed by atoms with Crippen LogP contribution in [0.15, 0.2) is 0 Å². The van der Waals surface area contributed by atoms with Crippen LogP contribution in [0.4, 0.5) is 0 Å². The number of hydrogen-bond acceptors (Lipinski definition) is 2. The summed E-state index contributed by atoms with van der Waals surface area (Å²) in [6, 6.07) is -0.0246. The fourth-order valence-electron chi connectivity index (χ4n) is 3.40. The summed E-state index contributed by atoms with van der Waals surface area (Å²) in [6.07, 6.45) is 3.58. The zero-order valence-corrected chi connectivity index (χ0v) is 11.4. The molecule has 3 nitrogen and oxygen atoms in total. The molecule has 0 aliphatic heterocycles. The molecule has 3 heteroatoms. The highest BCUT2D eigenvalue weighted by molar-refractivity contribution is 5.84. The third-order valence-corrected chi connectivity index (χ3v) is 5.34. The number of carbonyl (C=O) groups is 1. The van der Waals surface area contributed by atoms with Crippen LogP contribution in [-0.4, -0.2) is 23.2 Å². The molecule has 0 radical (unpaired) electrons. The molecule has 17 heavy (non-hydrogen) atoms. The van der Waals surface area contributed by atoms with Gasteiger partial charge in [0.1, 0.15) is 0 Å². The molecule has 0 heterocycles. The van der Waals surface area contributed by atoms with Gasteiger partial charge in [-0.3, -0.25) is 4.79 Å². The van der Waals surface area contributed by atoms with Crippen LogP contribution in [-0.2, 0) is 4.79 Å². The van der Waals surface area contributed by atoms with E-state index in [0.29, 0.717) is 0 Å². The Morgan fingerprint density at radius 2 is 1.65 bits per heavy atom. The Kier molecular flexibility index (Phi) is 3.01. The Labute approximate surface area is 104 Å². The topological polar surface area (TPSA) is 49.3 Å². The molecular weight excluding hydrogens is 214 g/mol. The summed E-state index contributed by atoms with van der Waals surface area (Å²) < 4.78 is 0. The Balaban J connectivity index is 1.95. The molecule has 0 unspecified atom stereocenters. The molecule has 0 spiro atoms. The van der Waals surface area contributed by atoms with Gasteiger partial charge in [-0.2, -0.15) is 0 Å². The minimum absolute atomic E-state index is 0.0246. The predicted octanol–water partition coefficient (Wildman–Crippen LogP) is 2.09. The smallest absolute Gasteiger partial charge is 0.224 e. The van der Waals surface area contributed by atoms with E-state index < -0.39 is 0 Å². The van der Waals surface area contributed by atoms with Gasteiger partial charge in [-0.05, 0) is 23.7 Å². The van der Waals surface area contributed by atoms with E-state index in [1.165, 1.54) is 0 Å². The van der Waals surface area contributed by atoms with E-state index in [4.69, 9.17) is 0 Å². The molecule has 2 aliphatic carbocycles. The Morgan fingerprint density at radius 1 is 1.12 bits per heavy atom. The van der Waals surface area contributed by atoms with Crippen LogP contribution in [0.3, 0.4) is 0 Å². The molecule has 2 aliphatic rings. The lowest BCUT2D eigenvalue weighted by Gasteiger charge is -2.28. The van der Waals surface area contributed by atoms with Crippen molar-refractivity contribution in [3.8, 4) is 0 Å². The van der Waals surface area contributed by atoms with Crippen molar-refractivity contribution in [2.45, 2.75) is 65.5 Å². The molecule has 0 aromatic carbocycles. The first-order valence-electron chi connectivity index (χ1n) is 6.77. The molecular formula is C14H25NO2. The van der Waals surface area contributed by atoms with Crippen molar-refractivity contribution in [2.24, 2.45) is 16.7 Å². The summed E-state index contributed by atoms with van der Waals surface area (Å²) in [7, 11) is 0. The van der Waals surface area contributed by atoms with Gasteiger partial charge in [0.25, 0.3) is 0 Å². The van der Waals surface area contributed by atoms with E-state index in [1.54, 1.807) is 0 Å². The highest BCUT2D eigenvalue weighted by Crippen LogP contribution is 2.68. The lowest BCUT2D eigenvalue weighted by atomic mass is 9.92. The summed E-state index contributed by atoms with van der Waals surface area (Å²) in [5.41, 5.74) is 0.160. The highest BCUT2D eigenvalue weighted by atomic mass is 16.3. The van der Waals surface area contributed by atoms with Crippen LogP contribution in [0, 0.1) is 16.7 Å². The largest absolute Gasteiger partial charge is 0.391 e. The number of hydrogen-bond donors (Lipinski definition) is 2. The summed E-state index contributed by atoms with van der Waals surface area (Å²) in [5.74, 6) is 0.218. The lowest BCUT2D eigenvalue weighted by Crippen LogP contribution is -2.46. The SMILES string of the molecule is CC1(C)C(C(=O)N[C@@H]2CCCC[C@H]2O)C1(C)C. The normalized spacial score (nSPS) is 35.4. The standard InChI is InChI=1S/C14H25NO2/c1-13(2)11(14(13,3)4)12(17)15-9-7-5-6-8-10(9)16/h9-11,16H,5-8H2,1-4H3,(H,15,17)/t9-,10-/m1/s1. The molecule has 2 saturated carbocycles. The molecule has 0 bridgehead atoms. The maximum atomic E-state index is 12.2. The Morgan fingerprint density at radius 3 is 2.12 bits per heavy atom. The maximum absolute atomic E-state index is 12.2. The average molecular weight is 239 g/mol. The summed E-state index contributed by atoms with van der Waals surface area (Å²) >= 11 is 0. The third-order valence-electron chi connectivity index (χ3n) is 5.34. The monoisotopic (exact) mass is 239 g/mol. The van der Waals surface area contributed by atoms with E-state index in [1.807, 2.05) is 0 Å². The van der Waals surface area contributed by atoms with Crippen molar-refractivity contribution >= 4 is 5.91 Å². The van der Waals surface area contributed by atoms with Crippen LogP contribution in [0.5, 0.6) is 0 Å². The number of rotatable bonds is 2. The summed E-state index contributed by atoms with van der Waals surface area (Å²) in [4.78, 5) is 12.2. The second-order valence-electron chi connectivity index (χ2n) is 6.84. The fourth-order valence-corrected chi connectivity index (χ4v) is 3.40. The predicted molar refractivity (Wildman–Crippen MR) is 67.5 cm³/mol. The quantitative estimate of drug-likeness (QED) is 0.775. The van der Waals surface area contributed by atoms with Gasteiger partial charge in [0.2, 0.25) is 5.91 Å². The zero-order valence-electron chi connectivity index (χ0n) is 11.4. The van der Waals surface area contributed by atoms with Crippen LogP contribution >= 0.6 is 0 Å². The molecule has 0 aromatic rings. The maximum Gasteiger partial charge on any atom is 0.224 e. The second-order valence-corrected chi connectivity index (χ2v) is 6.84. The van der Waals surface area contributed by atoms with E-state index in [2.05, 4.69) is 33.0 Å². The van der Waals surface area contributed by atoms with Gasteiger partial charge in [-0.1, -0.05) is 40.5 Å². The second kappa shape index (κ2) is 3.98. The summed E-state index contributed by atoms with van der Waals surface area (Å²) in [5, 5.41) is 12.9. The number of nitrogens with one attached hydrogen (secondary N) is 1. The first-order chi connectivity index (χ1) is 7.78. The molecule has 1 amide bonds. The van der Waals surface area contributed by atoms with Gasteiger partial charge in [0.15, 0.2) is 0 Å². The molecule has 2 rings (SSSR count). The first-order valence-corrected chi connectivity index (χ1v) is 6.77. The number of aliphatic hydroxyl groups is 1. The van der Waals surface area contributed by atoms with Gasteiger partial charge in [-0.25, -0.2) is 0 Å². The summed E-state index contributed by atoms with van der Waals surface area (Å²) in [6.45, 7) is 8.59. The van der Waals surface area contributed by atoms with Crippen LogP contribution in [0.1, 0.15) is 53.4 Å². The fraction of sp³-hybridized carbons (Fsp3) is 0.929. The minimum Gasteiger partial charge on any atom is -0.391 e. The van der Waals surface area contributed by atoms with Crippen molar-refractivity contribution < 1.29 is 9.90 Å². The van der Waals surface area contributed by atoms with Crippen molar-refractivity contribution in [3.63, 3.8) is 0 Å². The van der Waals surface area contributed by atoms with Crippen molar-refractivity contribution in [1.82, 2.24) is 5.32 Å². The molecule has 2 N–H and O–H groups in total. The number of aliphatic hydroxyl groups excluding tert-OH is 1. The van der Waals surface area contributed by atoms with Crippen molar-refractivity contribution in [3.05, 3.63) is 0 Å². The minimum atomic E-state index is -0.349. The first kappa shape index (κ1) is 12.9. The van der Waals surface area contributed by atoms with Gasteiger partial charge in [-0.15, -0.1) is 0 Å². The van der Waals surface area contributed by atoms with Gasteiger partial charge >= 0.3 is 0 Å². The molecule has 2 atom stereocenters. The zero-order chi connectivity index (χ0) is 12.8. The van der Waals surface area contributed by atoms with Gasteiger partial charge in [0, 0.05) is 5.92 Å². The van der Waals surface area contributed by atoms with E-state index in [9.17, 15) is 9.90 Å². The van der Waals surface area contributed by atoms with Crippen LogP contribution < -0.4 is 5.32 Å². The highest BCUT2D eigenvalue weighted by Gasteiger charge is 2.68. The average Bonchev–Trinajstić information content (AvgIpc) is 2.61. The molecule has 0 saturated heterocycles. The Hall–Kier alpha value is -0.570. The van der Waals surface area contributed by atoms with Crippen molar-refractivity contribution in [1.29, 1.82) is 0 Å². The number of carbonyl (C=O) groups excluding carboxylic acids is 1. The van der Waals surface area contributed by atoms with E-state index in [-0.39, 0.29) is 34.8 Å². The molecule has 98 valence electrons. The third kappa shape index (κ3) is 1.99. The van der Waals surface area contributed by atoms with E-state index >= 15 is 0 Å². The van der Waals surface area contributed by atoms with Crippen molar-refractivity contribution in [2.75, 3.05) is 0 Å². The van der Waals surface area contributed by atoms with Gasteiger partial charge in [0.05, 0.1) is 12.1 Å². The van der Waals surface area contributed by atoms with Crippen LogP contribution in [0.2, 0.25) is 0 Å². The van der Waals surface area contributed by atoms with E-state index in [0.717, 1.165) is 25.7 Å². The Bertz CT molecular complexity index is 308. The lowest BCUT2D eigenvalue weighted by molar-refractivity contribution is -0.125.